The molecule has 3 heteroatoms. The summed E-state index contributed by atoms with van der Waals surface area (Å²) in [6.45, 7) is 1.80. The van der Waals surface area contributed by atoms with Crippen LogP contribution in [0.2, 0.25) is 0 Å². The summed E-state index contributed by atoms with van der Waals surface area (Å²) in [6.07, 6.45) is 1.64. The fourth-order valence-corrected chi connectivity index (χ4v) is 1.73. The van der Waals surface area contributed by atoms with Crippen molar-refractivity contribution in [1.29, 1.82) is 0 Å². The zero-order chi connectivity index (χ0) is 11.4. The SMILES string of the molecule is FC(F)c1ccc(CNCCC2CC2)cc1. The van der Waals surface area contributed by atoms with Crippen molar-refractivity contribution in [1.82, 2.24) is 5.32 Å². The van der Waals surface area contributed by atoms with Crippen LogP contribution in [0.3, 0.4) is 0 Å². The lowest BCUT2D eigenvalue weighted by molar-refractivity contribution is 0.151. The number of hydrogen-bond acceptors (Lipinski definition) is 1. The minimum atomic E-state index is -2.36. The van der Waals surface area contributed by atoms with Gasteiger partial charge in [-0.2, -0.15) is 0 Å². The number of nitrogens with one attached hydrogen (secondary N) is 1. The molecular formula is C13H17F2N. The van der Waals surface area contributed by atoms with Gasteiger partial charge in [-0.25, -0.2) is 8.78 Å². The molecule has 88 valence electrons. The van der Waals surface area contributed by atoms with Gasteiger partial charge < -0.3 is 5.32 Å². The first kappa shape index (κ1) is 11.5. The monoisotopic (exact) mass is 225 g/mol. The van der Waals surface area contributed by atoms with Crippen LogP contribution in [0, 0.1) is 5.92 Å². The molecule has 0 aromatic heterocycles. The molecule has 2 rings (SSSR count). The molecule has 1 N–H and O–H groups in total. The second-order valence-corrected chi connectivity index (χ2v) is 4.45. The number of hydrogen-bond donors (Lipinski definition) is 1. The van der Waals surface area contributed by atoms with Gasteiger partial charge in [-0.1, -0.05) is 37.1 Å². The van der Waals surface area contributed by atoms with E-state index in [2.05, 4.69) is 5.32 Å². The lowest BCUT2D eigenvalue weighted by Gasteiger charge is -2.05. The second-order valence-electron chi connectivity index (χ2n) is 4.45. The third kappa shape index (κ3) is 3.56. The van der Waals surface area contributed by atoms with Crippen molar-refractivity contribution in [2.45, 2.75) is 32.2 Å². The van der Waals surface area contributed by atoms with Gasteiger partial charge in [-0.3, -0.25) is 0 Å². The van der Waals surface area contributed by atoms with Crippen LogP contribution in [-0.2, 0) is 6.54 Å². The van der Waals surface area contributed by atoms with E-state index >= 15 is 0 Å². The highest BCUT2D eigenvalue weighted by Gasteiger charge is 2.19. The standard InChI is InChI=1S/C13H17F2N/c14-13(15)12-5-3-11(4-6-12)9-16-8-7-10-1-2-10/h3-6,10,13,16H,1-2,7-9H2. The lowest BCUT2D eigenvalue weighted by atomic mass is 10.1. The minimum Gasteiger partial charge on any atom is -0.313 e. The quantitative estimate of drug-likeness (QED) is 0.730. The van der Waals surface area contributed by atoms with E-state index in [1.165, 1.54) is 31.4 Å². The summed E-state index contributed by atoms with van der Waals surface area (Å²) >= 11 is 0. The van der Waals surface area contributed by atoms with Crippen molar-refractivity contribution in [2.24, 2.45) is 5.92 Å². The summed E-state index contributed by atoms with van der Waals surface area (Å²) in [5.41, 5.74) is 1.17. The van der Waals surface area contributed by atoms with Crippen LogP contribution in [0.25, 0.3) is 0 Å². The van der Waals surface area contributed by atoms with Crippen molar-refractivity contribution in [3.05, 3.63) is 35.4 Å². The molecule has 1 aromatic rings. The van der Waals surface area contributed by atoms with Gasteiger partial charge in [0.25, 0.3) is 6.43 Å². The van der Waals surface area contributed by atoms with E-state index in [0.717, 1.165) is 24.6 Å². The van der Waals surface area contributed by atoms with Crippen molar-refractivity contribution in [3.63, 3.8) is 0 Å². The van der Waals surface area contributed by atoms with Crippen molar-refractivity contribution in [3.8, 4) is 0 Å². The Morgan fingerprint density at radius 2 is 1.88 bits per heavy atom. The maximum Gasteiger partial charge on any atom is 0.263 e. The van der Waals surface area contributed by atoms with Crippen molar-refractivity contribution in [2.75, 3.05) is 6.54 Å². The molecule has 1 fully saturated rings. The van der Waals surface area contributed by atoms with Crippen LogP contribution in [0.1, 0.15) is 36.8 Å². The highest BCUT2D eigenvalue weighted by molar-refractivity contribution is 5.23. The Balaban J connectivity index is 1.71. The van der Waals surface area contributed by atoms with Gasteiger partial charge >= 0.3 is 0 Å². The first-order valence-electron chi connectivity index (χ1n) is 5.83. The van der Waals surface area contributed by atoms with E-state index < -0.39 is 6.43 Å². The summed E-state index contributed by atoms with van der Waals surface area (Å²) in [5.74, 6) is 0.939. The number of halogens is 2. The maximum absolute atomic E-state index is 12.3. The van der Waals surface area contributed by atoms with Gasteiger partial charge in [0, 0.05) is 12.1 Å². The summed E-state index contributed by atoms with van der Waals surface area (Å²) in [4.78, 5) is 0. The molecule has 0 amide bonds. The Kier molecular flexibility index (Phi) is 3.88. The van der Waals surface area contributed by atoms with Gasteiger partial charge in [0.15, 0.2) is 0 Å². The number of benzene rings is 1. The molecule has 0 radical (unpaired) electrons. The molecule has 0 unspecified atom stereocenters. The molecule has 16 heavy (non-hydrogen) atoms. The molecule has 0 saturated heterocycles. The summed E-state index contributed by atoms with van der Waals surface area (Å²) < 4.78 is 24.6. The fourth-order valence-electron chi connectivity index (χ4n) is 1.73. The van der Waals surface area contributed by atoms with Crippen LogP contribution in [-0.4, -0.2) is 6.54 Å². The Morgan fingerprint density at radius 1 is 1.19 bits per heavy atom. The molecule has 0 heterocycles. The summed E-state index contributed by atoms with van der Waals surface area (Å²) in [6, 6.07) is 6.54. The van der Waals surface area contributed by atoms with Gasteiger partial charge in [-0.05, 0) is 24.4 Å². The van der Waals surface area contributed by atoms with Crippen LogP contribution >= 0.6 is 0 Å². The maximum atomic E-state index is 12.3. The van der Waals surface area contributed by atoms with Crippen LogP contribution < -0.4 is 5.32 Å². The smallest absolute Gasteiger partial charge is 0.263 e. The molecule has 1 aromatic carbocycles. The van der Waals surface area contributed by atoms with Gasteiger partial charge in [0.2, 0.25) is 0 Å². The normalized spacial score (nSPS) is 15.7. The van der Waals surface area contributed by atoms with Gasteiger partial charge in [-0.15, -0.1) is 0 Å². The van der Waals surface area contributed by atoms with Crippen LogP contribution in [0.5, 0.6) is 0 Å². The van der Waals surface area contributed by atoms with E-state index in [4.69, 9.17) is 0 Å². The van der Waals surface area contributed by atoms with Crippen LogP contribution in [0.15, 0.2) is 24.3 Å². The summed E-state index contributed by atoms with van der Waals surface area (Å²) in [7, 11) is 0. The predicted octanol–water partition coefficient (Wildman–Crippen LogP) is 3.51. The Labute approximate surface area is 94.9 Å². The Bertz CT molecular complexity index is 317. The second kappa shape index (κ2) is 5.39. The van der Waals surface area contributed by atoms with E-state index in [-0.39, 0.29) is 5.56 Å². The molecule has 0 aliphatic heterocycles. The Morgan fingerprint density at radius 3 is 2.44 bits per heavy atom. The van der Waals surface area contributed by atoms with E-state index in [1.807, 2.05) is 0 Å². The van der Waals surface area contributed by atoms with E-state index in [0.29, 0.717) is 0 Å². The molecule has 1 nitrogen and oxygen atoms in total. The van der Waals surface area contributed by atoms with Crippen molar-refractivity contribution < 1.29 is 8.78 Å². The van der Waals surface area contributed by atoms with E-state index in [1.54, 1.807) is 12.1 Å². The number of rotatable bonds is 6. The molecule has 1 aliphatic rings. The average molecular weight is 225 g/mol. The molecule has 0 spiro atoms. The van der Waals surface area contributed by atoms with Crippen LogP contribution in [0.4, 0.5) is 8.78 Å². The molecule has 1 aliphatic carbocycles. The minimum absolute atomic E-state index is 0.0988. The molecule has 1 saturated carbocycles. The third-order valence-corrected chi connectivity index (χ3v) is 2.99. The topological polar surface area (TPSA) is 12.0 Å². The van der Waals surface area contributed by atoms with Gasteiger partial charge in [0.1, 0.15) is 0 Å². The lowest BCUT2D eigenvalue weighted by Crippen LogP contribution is -2.15. The zero-order valence-electron chi connectivity index (χ0n) is 9.26. The zero-order valence-corrected chi connectivity index (χ0v) is 9.26. The van der Waals surface area contributed by atoms with Crippen molar-refractivity contribution >= 4 is 0 Å². The highest BCUT2D eigenvalue weighted by Crippen LogP contribution is 2.31. The Hall–Kier alpha value is -0.960. The predicted molar refractivity (Wildman–Crippen MR) is 60.4 cm³/mol. The molecule has 0 bridgehead atoms. The first-order valence-corrected chi connectivity index (χ1v) is 5.83. The molecule has 0 atom stereocenters. The first-order chi connectivity index (χ1) is 7.75. The largest absolute Gasteiger partial charge is 0.313 e. The summed E-state index contributed by atoms with van der Waals surface area (Å²) in [5, 5.41) is 3.33. The fraction of sp³-hybridized carbons (Fsp3) is 0.538. The molecular weight excluding hydrogens is 208 g/mol. The van der Waals surface area contributed by atoms with Gasteiger partial charge in [0.05, 0.1) is 0 Å². The third-order valence-electron chi connectivity index (χ3n) is 2.99. The average Bonchev–Trinajstić information content (AvgIpc) is 3.09. The van der Waals surface area contributed by atoms with E-state index in [9.17, 15) is 8.78 Å². The number of alkyl halides is 2. The highest BCUT2D eigenvalue weighted by atomic mass is 19.3.